The van der Waals surface area contributed by atoms with Crippen molar-refractivity contribution in [1.82, 2.24) is 30.4 Å². The van der Waals surface area contributed by atoms with Gasteiger partial charge in [-0.05, 0) is 29.5 Å². The molecule has 1 N–H and O–H groups in total. The molecule has 3 rings (SSSR count). The fourth-order valence-corrected chi connectivity index (χ4v) is 2.59. The van der Waals surface area contributed by atoms with Gasteiger partial charge < -0.3 is 5.32 Å². The number of benzene rings is 1. The summed E-state index contributed by atoms with van der Waals surface area (Å²) in [5, 5.41) is 15.5. The predicted molar refractivity (Wildman–Crippen MR) is 76.8 cm³/mol. The number of nitrogens with one attached hydrogen (secondary N) is 1. The molecule has 1 atom stereocenters. The van der Waals surface area contributed by atoms with Crippen molar-refractivity contribution >= 4 is 0 Å². The summed E-state index contributed by atoms with van der Waals surface area (Å²) in [5.74, 6) is 0.918. The van der Waals surface area contributed by atoms with E-state index in [2.05, 4.69) is 32.7 Å². The fraction of sp³-hybridized carbons (Fsp3) is 0.500. The van der Waals surface area contributed by atoms with Crippen LogP contribution in [-0.4, -0.2) is 57.3 Å². The molecule has 106 valence electrons. The molecule has 1 saturated heterocycles. The Kier molecular flexibility index (Phi) is 4.03. The average Bonchev–Trinajstić information content (AvgIpc) is 2.96. The van der Waals surface area contributed by atoms with Crippen molar-refractivity contribution in [3.63, 3.8) is 0 Å². The van der Waals surface area contributed by atoms with Crippen molar-refractivity contribution in [3.8, 4) is 5.69 Å². The van der Waals surface area contributed by atoms with Crippen LogP contribution in [0.4, 0.5) is 0 Å². The third-order valence-electron chi connectivity index (χ3n) is 3.80. The van der Waals surface area contributed by atoms with E-state index in [0.717, 1.165) is 44.1 Å². The van der Waals surface area contributed by atoms with E-state index in [4.69, 9.17) is 0 Å². The Bertz CT molecular complexity index is 538. The van der Waals surface area contributed by atoms with Crippen molar-refractivity contribution in [3.05, 3.63) is 36.2 Å². The molecule has 1 aliphatic heterocycles. The molecular weight excluding hydrogens is 252 g/mol. The Morgan fingerprint density at radius 2 is 2.15 bits per heavy atom. The maximum Gasteiger partial charge on any atom is 0.157 e. The zero-order chi connectivity index (χ0) is 13.8. The Morgan fingerprint density at radius 3 is 2.95 bits per heavy atom. The van der Waals surface area contributed by atoms with Crippen LogP contribution in [0.5, 0.6) is 0 Å². The number of nitrogens with zero attached hydrogens (tertiary/aromatic N) is 5. The second-order valence-corrected chi connectivity index (χ2v) is 5.18. The minimum Gasteiger partial charge on any atom is -0.314 e. The summed E-state index contributed by atoms with van der Waals surface area (Å²) >= 11 is 0. The molecule has 0 amide bonds. The van der Waals surface area contributed by atoms with Gasteiger partial charge in [0.2, 0.25) is 0 Å². The van der Waals surface area contributed by atoms with Crippen LogP contribution in [0.2, 0.25) is 0 Å². The molecule has 1 aromatic heterocycles. The van der Waals surface area contributed by atoms with E-state index in [9.17, 15) is 0 Å². The largest absolute Gasteiger partial charge is 0.314 e. The normalized spacial score (nSPS) is 20.1. The van der Waals surface area contributed by atoms with Gasteiger partial charge in [0, 0.05) is 38.6 Å². The van der Waals surface area contributed by atoms with Crippen LogP contribution in [-0.2, 0) is 6.42 Å². The van der Waals surface area contributed by atoms with Crippen LogP contribution in [0.3, 0.4) is 0 Å². The van der Waals surface area contributed by atoms with Crippen LogP contribution in [0.15, 0.2) is 30.3 Å². The summed E-state index contributed by atoms with van der Waals surface area (Å²) in [6.07, 6.45) is 0.867. The molecule has 6 heteroatoms. The second-order valence-electron chi connectivity index (χ2n) is 5.18. The lowest BCUT2D eigenvalue weighted by molar-refractivity contribution is 0.174. The first-order chi connectivity index (χ1) is 9.84. The lowest BCUT2D eigenvalue weighted by Crippen LogP contribution is -2.50. The number of hydrogen-bond acceptors (Lipinski definition) is 5. The molecule has 20 heavy (non-hydrogen) atoms. The second kappa shape index (κ2) is 6.11. The summed E-state index contributed by atoms with van der Waals surface area (Å²) in [5.41, 5.74) is 1.01. The van der Waals surface area contributed by atoms with Gasteiger partial charge in [-0.2, -0.15) is 4.68 Å². The highest BCUT2D eigenvalue weighted by Crippen LogP contribution is 2.09. The summed E-state index contributed by atoms with van der Waals surface area (Å²) < 4.78 is 1.83. The van der Waals surface area contributed by atoms with Gasteiger partial charge in [0.15, 0.2) is 5.82 Å². The SMILES string of the molecule is C[C@@H]1CNCCN1CCc1nnnn1-c1ccccc1. The molecule has 0 unspecified atom stereocenters. The van der Waals surface area contributed by atoms with Crippen LogP contribution < -0.4 is 5.32 Å². The van der Waals surface area contributed by atoms with Gasteiger partial charge in [0.25, 0.3) is 0 Å². The molecule has 0 radical (unpaired) electrons. The first-order valence-corrected chi connectivity index (χ1v) is 7.12. The Balaban J connectivity index is 1.68. The van der Waals surface area contributed by atoms with Crippen molar-refractivity contribution < 1.29 is 0 Å². The maximum atomic E-state index is 4.16. The lowest BCUT2D eigenvalue weighted by Gasteiger charge is -2.33. The fourth-order valence-electron chi connectivity index (χ4n) is 2.59. The molecule has 1 fully saturated rings. The van der Waals surface area contributed by atoms with E-state index in [1.165, 1.54) is 0 Å². The van der Waals surface area contributed by atoms with E-state index in [0.29, 0.717) is 6.04 Å². The van der Waals surface area contributed by atoms with Gasteiger partial charge in [-0.1, -0.05) is 18.2 Å². The van der Waals surface area contributed by atoms with Crippen LogP contribution in [0.25, 0.3) is 5.69 Å². The number of tetrazole rings is 1. The highest BCUT2D eigenvalue weighted by molar-refractivity contribution is 5.30. The van der Waals surface area contributed by atoms with Crippen LogP contribution in [0, 0.1) is 0 Å². The zero-order valence-electron chi connectivity index (χ0n) is 11.7. The van der Waals surface area contributed by atoms with Crippen molar-refractivity contribution in [2.75, 3.05) is 26.2 Å². The quantitative estimate of drug-likeness (QED) is 0.878. The minimum absolute atomic E-state index is 0.574. The summed E-state index contributed by atoms with van der Waals surface area (Å²) in [6.45, 7) is 6.47. The van der Waals surface area contributed by atoms with E-state index in [1.54, 1.807) is 0 Å². The number of rotatable bonds is 4. The smallest absolute Gasteiger partial charge is 0.157 e. The monoisotopic (exact) mass is 272 g/mol. The van der Waals surface area contributed by atoms with Gasteiger partial charge in [-0.3, -0.25) is 4.90 Å². The summed E-state index contributed by atoms with van der Waals surface area (Å²) in [4.78, 5) is 2.49. The Labute approximate surface area is 118 Å². The first kappa shape index (κ1) is 13.2. The van der Waals surface area contributed by atoms with Crippen LogP contribution in [0.1, 0.15) is 12.7 Å². The third kappa shape index (κ3) is 2.86. The molecule has 0 saturated carbocycles. The molecular formula is C14H20N6. The topological polar surface area (TPSA) is 58.9 Å². The first-order valence-electron chi connectivity index (χ1n) is 7.12. The van der Waals surface area contributed by atoms with Crippen LogP contribution >= 0.6 is 0 Å². The molecule has 2 aromatic rings. The lowest BCUT2D eigenvalue weighted by atomic mass is 10.2. The molecule has 1 aliphatic rings. The Morgan fingerprint density at radius 1 is 1.30 bits per heavy atom. The molecule has 0 spiro atoms. The van der Waals surface area contributed by atoms with Crippen molar-refractivity contribution in [2.45, 2.75) is 19.4 Å². The molecule has 2 heterocycles. The van der Waals surface area contributed by atoms with Crippen molar-refractivity contribution in [1.29, 1.82) is 0 Å². The Hall–Kier alpha value is -1.79. The number of aromatic nitrogens is 4. The maximum absolute atomic E-state index is 4.16. The number of hydrogen-bond donors (Lipinski definition) is 1. The van der Waals surface area contributed by atoms with E-state index in [-0.39, 0.29) is 0 Å². The molecule has 1 aromatic carbocycles. The standard InChI is InChI=1S/C14H20N6/c1-12-11-15-8-10-19(12)9-7-14-16-17-18-20(14)13-5-3-2-4-6-13/h2-6,12,15H,7-11H2,1H3/t12-/m1/s1. The highest BCUT2D eigenvalue weighted by atomic mass is 15.5. The average molecular weight is 272 g/mol. The van der Waals surface area contributed by atoms with Gasteiger partial charge in [-0.15, -0.1) is 5.10 Å². The number of para-hydroxylation sites is 1. The highest BCUT2D eigenvalue weighted by Gasteiger charge is 2.18. The molecule has 0 aliphatic carbocycles. The molecule has 6 nitrogen and oxygen atoms in total. The minimum atomic E-state index is 0.574. The summed E-state index contributed by atoms with van der Waals surface area (Å²) in [6, 6.07) is 10.6. The van der Waals surface area contributed by atoms with Gasteiger partial charge in [0.05, 0.1) is 5.69 Å². The van der Waals surface area contributed by atoms with Gasteiger partial charge in [0.1, 0.15) is 0 Å². The molecule has 0 bridgehead atoms. The zero-order valence-corrected chi connectivity index (χ0v) is 11.7. The van der Waals surface area contributed by atoms with Gasteiger partial charge >= 0.3 is 0 Å². The third-order valence-corrected chi connectivity index (χ3v) is 3.80. The van der Waals surface area contributed by atoms with E-state index in [1.807, 2.05) is 35.0 Å². The predicted octanol–water partition coefficient (Wildman–Crippen LogP) is 0.499. The summed E-state index contributed by atoms with van der Waals surface area (Å²) in [7, 11) is 0. The van der Waals surface area contributed by atoms with Crippen molar-refractivity contribution in [2.24, 2.45) is 0 Å². The van der Waals surface area contributed by atoms with E-state index >= 15 is 0 Å². The van der Waals surface area contributed by atoms with E-state index < -0.39 is 0 Å². The van der Waals surface area contributed by atoms with Gasteiger partial charge in [-0.25, -0.2) is 0 Å². The number of piperazine rings is 1.